The fraction of sp³-hybridized carbons (Fsp3) is 0. The molecule has 0 aliphatic carbocycles. The smallest absolute Gasteiger partial charge is 0.453 e. The van der Waals surface area contributed by atoms with Gasteiger partial charge < -0.3 is 13.6 Å². The summed E-state index contributed by atoms with van der Waals surface area (Å²) in [6.07, 6.45) is 0. The van der Waals surface area contributed by atoms with E-state index in [0.29, 0.717) is 55.8 Å². The van der Waals surface area contributed by atoms with Gasteiger partial charge in [0.2, 0.25) is 0 Å². The van der Waals surface area contributed by atoms with Gasteiger partial charge in [0.15, 0.2) is 23.0 Å². The minimum absolute atomic E-state index is 0. The molecule has 0 atom stereocenters. The molecule has 0 aliphatic rings. The van der Waals surface area contributed by atoms with E-state index in [-0.39, 0.29) is 48.3 Å². The van der Waals surface area contributed by atoms with Gasteiger partial charge in [0.05, 0.1) is 33.3 Å². The van der Waals surface area contributed by atoms with Crippen molar-refractivity contribution < 1.29 is 44.3 Å². The molecule has 0 bridgehead atoms. The fourth-order valence-corrected chi connectivity index (χ4v) is 9.62. The Kier molecular flexibility index (Phi) is 9.53. The number of halogens is 2. The average molecular weight is 1080 g/mol. The number of aromatic nitrogens is 5. The third-order valence-electron chi connectivity index (χ3n) is 12.3. The van der Waals surface area contributed by atoms with Crippen LogP contribution in [0.15, 0.2) is 192 Å². The second kappa shape index (κ2) is 15.8. The Morgan fingerprint density at radius 3 is 1.53 bits per heavy atom. The van der Waals surface area contributed by atoms with Gasteiger partial charge in [0.25, 0.3) is 0 Å². The summed E-state index contributed by atoms with van der Waals surface area (Å²) in [5.74, 6) is -0.202. The van der Waals surface area contributed by atoms with Crippen LogP contribution >= 0.6 is 0 Å². The van der Waals surface area contributed by atoms with Gasteiger partial charge >= 0.3 is 31.1 Å². The Morgan fingerprint density at radius 1 is 0.470 bits per heavy atom. The normalized spacial score (nSPS) is 11.7. The summed E-state index contributed by atoms with van der Waals surface area (Å²) in [5.41, 5.74) is 7.91. The molecule has 4 aromatic heterocycles. The van der Waals surface area contributed by atoms with Crippen LogP contribution in [0, 0.1) is 54.9 Å². The van der Waals surface area contributed by atoms with Crippen molar-refractivity contribution in [1.82, 2.24) is 24.1 Å². The summed E-state index contributed by atoms with van der Waals surface area (Å²) in [4.78, 5) is 16.1. The van der Waals surface area contributed by atoms with Gasteiger partial charge in [-0.15, -0.1) is 6.07 Å². The standard InChI is InChI=1S/C57H31F2N5O.U/c58-36-31-42(34-17-3-1-4-18-34)51(48(32-36)63-44-26-12-7-21-37(44)38-22-8-13-27-45(38)63)56-60-55(35-19-5-2-6-20-35)61-57(62-56)53-49(33-43(59)54-52(53)41-25-11-16-30-50(41)65-54)64-46-28-14-9-23-39(46)40-24-10-15-29-47(40)64;/h1-17,19-30,32-33H;/q-2;+2. The first-order chi connectivity index (χ1) is 32.1. The van der Waals surface area contributed by atoms with Crippen molar-refractivity contribution in [3.63, 3.8) is 0 Å². The summed E-state index contributed by atoms with van der Waals surface area (Å²) in [7, 11) is 0. The first kappa shape index (κ1) is 39.9. The summed E-state index contributed by atoms with van der Waals surface area (Å²) >= 11 is 0. The third-order valence-corrected chi connectivity index (χ3v) is 12.3. The molecule has 0 unspecified atom stereocenters. The molecule has 9 aromatic carbocycles. The molecule has 0 radical (unpaired) electrons. The molecule has 0 saturated heterocycles. The van der Waals surface area contributed by atoms with Crippen LogP contribution in [0.3, 0.4) is 0 Å². The Hall–Kier alpha value is -7.70. The molecule has 0 amide bonds. The fourth-order valence-electron chi connectivity index (χ4n) is 9.62. The van der Waals surface area contributed by atoms with Crippen LogP contribution in [-0.2, 0) is 0 Å². The minimum Gasteiger partial charge on any atom is -0.453 e. The molecule has 0 saturated carbocycles. The number of fused-ring (bicyclic) bond motifs is 9. The minimum atomic E-state index is -0.561. The zero-order valence-electron chi connectivity index (χ0n) is 34.8. The second-order valence-corrected chi connectivity index (χ2v) is 16.0. The number of hydrogen-bond acceptors (Lipinski definition) is 4. The van der Waals surface area contributed by atoms with E-state index in [0.717, 1.165) is 49.2 Å². The molecular weight excluding hydrogens is 1050 g/mol. The monoisotopic (exact) mass is 1080 g/mol. The van der Waals surface area contributed by atoms with Crippen LogP contribution in [0.5, 0.6) is 0 Å². The molecule has 6 nitrogen and oxygen atoms in total. The SMILES string of the molecule is Fc1[c-]c(-c2[c-]cccc2)c(-c2nc(-c3ccccc3)nc(-c3c(-n4c5ccccc5c5ccccc54)cc(F)c4oc5ccccc5c34)n2)c(-n2c3ccccc3c3ccccc32)c1.[U+2]. The number of furan rings is 1. The Balaban J connectivity index is 0.00000456. The van der Waals surface area contributed by atoms with Crippen LogP contribution in [0.1, 0.15) is 0 Å². The van der Waals surface area contributed by atoms with Crippen LogP contribution in [0.25, 0.3) is 122 Å². The number of para-hydroxylation sites is 5. The van der Waals surface area contributed by atoms with E-state index in [2.05, 4.69) is 45.5 Å². The number of nitrogens with zero attached hydrogens (tertiary/aromatic N) is 5. The van der Waals surface area contributed by atoms with E-state index in [9.17, 15) is 0 Å². The summed E-state index contributed by atoms with van der Waals surface area (Å²) in [5, 5.41) is 5.24. The van der Waals surface area contributed by atoms with Crippen molar-refractivity contribution in [1.29, 1.82) is 0 Å². The Labute approximate surface area is 399 Å². The summed E-state index contributed by atoms with van der Waals surface area (Å²) in [6.45, 7) is 0. The van der Waals surface area contributed by atoms with E-state index in [1.165, 1.54) is 12.1 Å². The van der Waals surface area contributed by atoms with Gasteiger partial charge in [-0.05, 0) is 36.0 Å². The molecule has 66 heavy (non-hydrogen) atoms. The number of hydrogen-bond donors (Lipinski definition) is 0. The second-order valence-electron chi connectivity index (χ2n) is 16.0. The van der Waals surface area contributed by atoms with Crippen LogP contribution in [0.2, 0.25) is 0 Å². The van der Waals surface area contributed by atoms with E-state index < -0.39 is 11.6 Å². The van der Waals surface area contributed by atoms with Gasteiger partial charge in [-0.3, -0.25) is 0 Å². The van der Waals surface area contributed by atoms with E-state index in [1.54, 1.807) is 6.07 Å². The van der Waals surface area contributed by atoms with Crippen molar-refractivity contribution in [2.75, 3.05) is 0 Å². The van der Waals surface area contributed by atoms with Crippen molar-refractivity contribution in [2.24, 2.45) is 0 Å². The van der Waals surface area contributed by atoms with Crippen molar-refractivity contribution >= 4 is 65.6 Å². The quantitative estimate of drug-likeness (QED) is 0.156. The van der Waals surface area contributed by atoms with Gasteiger partial charge in [0, 0.05) is 49.8 Å². The predicted molar refractivity (Wildman–Crippen MR) is 255 cm³/mol. The maximum absolute atomic E-state index is 17.0. The molecule has 13 aromatic rings. The maximum Gasteiger partial charge on any atom is 2.00 e. The van der Waals surface area contributed by atoms with E-state index >= 15 is 8.78 Å². The molecule has 13 rings (SSSR count). The Morgan fingerprint density at radius 2 is 0.955 bits per heavy atom. The first-order valence-electron chi connectivity index (χ1n) is 21.2. The van der Waals surface area contributed by atoms with Crippen LogP contribution in [-0.4, -0.2) is 24.1 Å². The van der Waals surface area contributed by atoms with E-state index in [1.807, 2.05) is 146 Å². The van der Waals surface area contributed by atoms with Crippen LogP contribution < -0.4 is 0 Å². The number of rotatable bonds is 6. The zero-order chi connectivity index (χ0) is 43.2. The molecule has 9 heteroatoms. The predicted octanol–water partition coefficient (Wildman–Crippen LogP) is 14.5. The summed E-state index contributed by atoms with van der Waals surface area (Å²) < 4.78 is 44.0. The molecule has 308 valence electrons. The zero-order valence-corrected chi connectivity index (χ0v) is 39.0. The molecule has 0 N–H and O–H groups in total. The van der Waals surface area contributed by atoms with Gasteiger partial charge in [0.1, 0.15) is 11.4 Å². The first-order valence-corrected chi connectivity index (χ1v) is 21.2. The average Bonchev–Trinajstić information content (AvgIpc) is 4.03. The number of benzene rings is 9. The van der Waals surface area contributed by atoms with E-state index in [4.69, 9.17) is 19.4 Å². The Bertz CT molecular complexity index is 3940. The molecule has 0 aliphatic heterocycles. The van der Waals surface area contributed by atoms with Crippen molar-refractivity contribution in [3.05, 3.63) is 212 Å². The molecule has 0 spiro atoms. The molecular formula is C57H31F2N5OU. The topological polar surface area (TPSA) is 61.7 Å². The van der Waals surface area contributed by atoms with Crippen molar-refractivity contribution in [3.8, 4) is 56.7 Å². The van der Waals surface area contributed by atoms with Gasteiger partial charge in [-0.1, -0.05) is 133 Å². The molecule has 4 heterocycles. The third kappa shape index (κ3) is 6.15. The van der Waals surface area contributed by atoms with Crippen molar-refractivity contribution in [2.45, 2.75) is 0 Å². The summed E-state index contributed by atoms with van der Waals surface area (Å²) in [6, 6.07) is 66.5. The van der Waals surface area contributed by atoms with Gasteiger partial charge in [-0.25, -0.2) is 34.9 Å². The largest absolute Gasteiger partial charge is 2.00 e. The van der Waals surface area contributed by atoms with Gasteiger partial charge in [-0.2, -0.15) is 30.3 Å². The maximum atomic E-state index is 17.0. The van der Waals surface area contributed by atoms with Crippen LogP contribution in [0.4, 0.5) is 8.78 Å². The molecule has 0 fully saturated rings.